The van der Waals surface area contributed by atoms with Crippen LogP contribution in [0, 0.1) is 6.92 Å². The summed E-state index contributed by atoms with van der Waals surface area (Å²) in [6.45, 7) is 5.28. The summed E-state index contributed by atoms with van der Waals surface area (Å²) < 4.78 is 0. The number of benzene rings is 1. The van der Waals surface area contributed by atoms with Crippen molar-refractivity contribution < 1.29 is 14.4 Å². The van der Waals surface area contributed by atoms with Crippen LogP contribution in [0.1, 0.15) is 35.7 Å². The Labute approximate surface area is 147 Å². The predicted octanol–water partition coefficient (Wildman–Crippen LogP) is 0.179. The summed E-state index contributed by atoms with van der Waals surface area (Å²) in [5, 5.41) is 5.69. The van der Waals surface area contributed by atoms with E-state index in [-0.39, 0.29) is 30.3 Å². The second-order valence-electron chi connectivity index (χ2n) is 6.59. The van der Waals surface area contributed by atoms with Gasteiger partial charge >= 0.3 is 0 Å². The molecule has 1 aliphatic rings. The van der Waals surface area contributed by atoms with Crippen LogP contribution in [0.5, 0.6) is 0 Å². The number of rotatable bonds is 6. The van der Waals surface area contributed by atoms with Crippen molar-refractivity contribution in [2.45, 2.75) is 38.8 Å². The van der Waals surface area contributed by atoms with Crippen LogP contribution in [-0.4, -0.2) is 54.3 Å². The van der Waals surface area contributed by atoms with E-state index in [1.807, 2.05) is 24.0 Å². The molecule has 1 atom stereocenters. The molecule has 0 saturated carbocycles. The molecule has 2 rings (SSSR count). The minimum Gasteiger partial charge on any atom is -0.369 e. The Morgan fingerprint density at radius 1 is 1.28 bits per heavy atom. The molecule has 0 spiro atoms. The number of aryl methyl sites for hydroxylation is 1. The highest BCUT2D eigenvalue weighted by molar-refractivity contribution is 5.97. The van der Waals surface area contributed by atoms with Crippen LogP contribution in [0.4, 0.5) is 0 Å². The molecule has 1 saturated heterocycles. The molecule has 1 fully saturated rings. The molecular weight excluding hydrogens is 320 g/mol. The van der Waals surface area contributed by atoms with Gasteiger partial charge in [-0.3, -0.25) is 19.3 Å². The summed E-state index contributed by atoms with van der Waals surface area (Å²) in [6, 6.07) is 6.67. The number of piperidine rings is 1. The molecular formula is C18H26N4O3. The van der Waals surface area contributed by atoms with Crippen molar-refractivity contribution >= 4 is 17.7 Å². The average molecular weight is 346 g/mol. The Morgan fingerprint density at radius 3 is 2.56 bits per heavy atom. The summed E-state index contributed by atoms with van der Waals surface area (Å²) in [7, 11) is 0. The van der Waals surface area contributed by atoms with Gasteiger partial charge in [-0.2, -0.15) is 0 Å². The van der Waals surface area contributed by atoms with E-state index in [4.69, 9.17) is 5.73 Å². The predicted molar refractivity (Wildman–Crippen MR) is 94.9 cm³/mol. The maximum Gasteiger partial charge on any atom is 0.251 e. The number of likely N-dealkylation sites (tertiary alicyclic amines) is 1. The van der Waals surface area contributed by atoms with Gasteiger partial charge in [0.1, 0.15) is 6.04 Å². The number of nitrogens with one attached hydrogen (secondary N) is 2. The molecule has 0 aliphatic carbocycles. The molecule has 0 bridgehead atoms. The number of carbonyl (C=O) groups excluding carboxylic acids is 3. The Kier molecular flexibility index (Phi) is 6.52. The number of amides is 3. The average Bonchev–Trinajstić information content (AvgIpc) is 2.56. The lowest BCUT2D eigenvalue weighted by Crippen LogP contribution is -2.51. The molecule has 4 N–H and O–H groups in total. The number of nitrogens with two attached hydrogens (primary N) is 1. The standard InChI is InChI=1S/C18H26N4O3/c1-12-4-3-5-14(10-12)18(25)20-13(2)17(24)21-15-6-8-22(9-7-15)11-16(19)23/h3-5,10,13,15H,6-9,11H2,1-2H3,(H2,19,23)(H,20,25)(H,21,24). The van der Waals surface area contributed by atoms with E-state index in [0.717, 1.165) is 31.5 Å². The first-order valence-corrected chi connectivity index (χ1v) is 8.53. The SMILES string of the molecule is Cc1cccc(C(=O)NC(C)C(=O)NC2CCN(CC(N)=O)CC2)c1. The van der Waals surface area contributed by atoms with Crippen LogP contribution in [0.3, 0.4) is 0 Å². The summed E-state index contributed by atoms with van der Waals surface area (Å²) in [4.78, 5) is 37.4. The minimum atomic E-state index is -0.614. The molecule has 7 heteroatoms. The lowest BCUT2D eigenvalue weighted by molar-refractivity contribution is -0.124. The third kappa shape index (κ3) is 5.86. The Morgan fingerprint density at radius 2 is 1.96 bits per heavy atom. The summed E-state index contributed by atoms with van der Waals surface area (Å²) in [6.07, 6.45) is 1.52. The van der Waals surface area contributed by atoms with Crippen molar-refractivity contribution in [3.8, 4) is 0 Å². The fourth-order valence-corrected chi connectivity index (χ4v) is 2.91. The van der Waals surface area contributed by atoms with E-state index in [2.05, 4.69) is 10.6 Å². The van der Waals surface area contributed by atoms with Gasteiger partial charge in [0.2, 0.25) is 11.8 Å². The van der Waals surface area contributed by atoms with Gasteiger partial charge in [-0.15, -0.1) is 0 Å². The van der Waals surface area contributed by atoms with Gasteiger partial charge in [0.15, 0.2) is 0 Å². The quantitative estimate of drug-likeness (QED) is 0.683. The zero-order valence-electron chi connectivity index (χ0n) is 14.7. The second-order valence-corrected chi connectivity index (χ2v) is 6.59. The maximum atomic E-state index is 12.3. The first kappa shape index (κ1) is 18.9. The normalized spacial score (nSPS) is 16.9. The van der Waals surface area contributed by atoms with Gasteiger partial charge in [0.25, 0.3) is 5.91 Å². The molecule has 25 heavy (non-hydrogen) atoms. The number of hydrogen-bond donors (Lipinski definition) is 3. The number of primary amides is 1. The molecule has 136 valence electrons. The Bertz CT molecular complexity index is 639. The summed E-state index contributed by atoms with van der Waals surface area (Å²) in [5.74, 6) is -0.799. The summed E-state index contributed by atoms with van der Waals surface area (Å²) >= 11 is 0. The first-order chi connectivity index (χ1) is 11.8. The second kappa shape index (κ2) is 8.62. The first-order valence-electron chi connectivity index (χ1n) is 8.53. The van der Waals surface area contributed by atoms with Crippen molar-refractivity contribution in [1.29, 1.82) is 0 Å². The highest BCUT2D eigenvalue weighted by Gasteiger charge is 2.24. The largest absolute Gasteiger partial charge is 0.369 e. The molecule has 1 unspecified atom stereocenters. The van der Waals surface area contributed by atoms with E-state index in [0.29, 0.717) is 5.56 Å². The van der Waals surface area contributed by atoms with Crippen molar-refractivity contribution in [2.75, 3.05) is 19.6 Å². The fourth-order valence-electron chi connectivity index (χ4n) is 2.91. The van der Waals surface area contributed by atoms with E-state index in [1.54, 1.807) is 19.1 Å². The van der Waals surface area contributed by atoms with Crippen molar-refractivity contribution in [3.63, 3.8) is 0 Å². The molecule has 1 aromatic rings. The van der Waals surface area contributed by atoms with Gasteiger partial charge in [0, 0.05) is 24.7 Å². The molecule has 0 aromatic heterocycles. The smallest absolute Gasteiger partial charge is 0.251 e. The van der Waals surface area contributed by atoms with Crippen LogP contribution < -0.4 is 16.4 Å². The van der Waals surface area contributed by atoms with E-state index >= 15 is 0 Å². The van der Waals surface area contributed by atoms with Crippen LogP contribution in [0.2, 0.25) is 0 Å². The number of carbonyl (C=O) groups is 3. The number of hydrogen-bond acceptors (Lipinski definition) is 4. The van der Waals surface area contributed by atoms with Crippen LogP contribution >= 0.6 is 0 Å². The van der Waals surface area contributed by atoms with Crippen molar-refractivity contribution in [2.24, 2.45) is 5.73 Å². The summed E-state index contributed by atoms with van der Waals surface area (Å²) in [5.41, 5.74) is 6.73. The van der Waals surface area contributed by atoms with Crippen molar-refractivity contribution in [3.05, 3.63) is 35.4 Å². The van der Waals surface area contributed by atoms with Gasteiger partial charge in [-0.25, -0.2) is 0 Å². The zero-order chi connectivity index (χ0) is 18.4. The molecule has 3 amide bonds. The minimum absolute atomic E-state index is 0.0509. The topological polar surface area (TPSA) is 105 Å². The maximum absolute atomic E-state index is 12.3. The van der Waals surface area contributed by atoms with Crippen LogP contribution in [-0.2, 0) is 9.59 Å². The Hall–Kier alpha value is -2.41. The van der Waals surface area contributed by atoms with E-state index in [1.165, 1.54) is 0 Å². The number of nitrogens with zero attached hydrogens (tertiary/aromatic N) is 1. The van der Waals surface area contributed by atoms with E-state index < -0.39 is 6.04 Å². The lowest BCUT2D eigenvalue weighted by Gasteiger charge is -2.32. The van der Waals surface area contributed by atoms with Gasteiger partial charge in [-0.1, -0.05) is 17.7 Å². The Balaban J connectivity index is 1.79. The fraction of sp³-hybridized carbons (Fsp3) is 0.500. The van der Waals surface area contributed by atoms with Gasteiger partial charge < -0.3 is 16.4 Å². The van der Waals surface area contributed by atoms with Crippen LogP contribution in [0.15, 0.2) is 24.3 Å². The molecule has 7 nitrogen and oxygen atoms in total. The third-order valence-corrected chi connectivity index (χ3v) is 4.33. The van der Waals surface area contributed by atoms with Crippen molar-refractivity contribution in [1.82, 2.24) is 15.5 Å². The molecule has 1 aliphatic heterocycles. The monoisotopic (exact) mass is 346 g/mol. The lowest BCUT2D eigenvalue weighted by atomic mass is 10.0. The van der Waals surface area contributed by atoms with E-state index in [9.17, 15) is 14.4 Å². The highest BCUT2D eigenvalue weighted by Crippen LogP contribution is 2.10. The molecule has 1 aromatic carbocycles. The molecule has 1 heterocycles. The van der Waals surface area contributed by atoms with Gasteiger partial charge in [-0.05, 0) is 38.8 Å². The highest BCUT2D eigenvalue weighted by atomic mass is 16.2. The molecule has 0 radical (unpaired) electrons. The third-order valence-electron chi connectivity index (χ3n) is 4.33. The van der Waals surface area contributed by atoms with Crippen LogP contribution in [0.25, 0.3) is 0 Å². The van der Waals surface area contributed by atoms with Gasteiger partial charge in [0.05, 0.1) is 6.54 Å². The zero-order valence-corrected chi connectivity index (χ0v) is 14.7.